The van der Waals surface area contributed by atoms with Gasteiger partial charge >= 0.3 is 0 Å². The van der Waals surface area contributed by atoms with Gasteiger partial charge in [0.2, 0.25) is 0 Å². The predicted octanol–water partition coefficient (Wildman–Crippen LogP) is 5.04. The van der Waals surface area contributed by atoms with Crippen LogP contribution in [-0.4, -0.2) is 9.78 Å². The minimum Gasteiger partial charge on any atom is -0.268 e. The first-order chi connectivity index (χ1) is 9.75. The Morgan fingerprint density at radius 1 is 1.15 bits per heavy atom. The van der Waals surface area contributed by atoms with Crippen LogP contribution in [0.15, 0.2) is 30.3 Å². The number of benzene rings is 1. The van der Waals surface area contributed by atoms with Gasteiger partial charge in [-0.3, -0.25) is 4.68 Å². The van der Waals surface area contributed by atoms with E-state index in [0.717, 1.165) is 16.2 Å². The summed E-state index contributed by atoms with van der Waals surface area (Å²) in [7, 11) is 0. The van der Waals surface area contributed by atoms with Gasteiger partial charge in [0.15, 0.2) is 0 Å². The lowest BCUT2D eigenvalue weighted by Gasteiger charge is -2.22. The molecule has 1 fully saturated rings. The first-order valence-corrected chi connectivity index (χ1v) is 8.62. The summed E-state index contributed by atoms with van der Waals surface area (Å²) < 4.78 is 3.36. The number of nitrogens with zero attached hydrogens (tertiary/aromatic N) is 2. The first kappa shape index (κ1) is 14.1. The molecule has 0 radical (unpaired) electrons. The highest BCUT2D eigenvalue weighted by Crippen LogP contribution is 2.30. The van der Waals surface area contributed by atoms with Crippen LogP contribution in [0, 0.1) is 16.5 Å². The molecular formula is C17H21IN2. The van der Waals surface area contributed by atoms with Crippen molar-refractivity contribution in [2.45, 2.75) is 45.6 Å². The summed E-state index contributed by atoms with van der Waals surface area (Å²) in [6, 6.07) is 10.6. The zero-order chi connectivity index (χ0) is 13.9. The fraction of sp³-hybridized carbons (Fsp3) is 0.471. The Morgan fingerprint density at radius 3 is 2.55 bits per heavy atom. The molecule has 1 heterocycles. The van der Waals surface area contributed by atoms with Crippen LogP contribution in [-0.2, 0) is 6.54 Å². The molecule has 0 aliphatic heterocycles. The molecule has 0 N–H and O–H groups in total. The highest BCUT2D eigenvalue weighted by Gasteiger charge is 2.19. The van der Waals surface area contributed by atoms with Gasteiger partial charge in [-0.15, -0.1) is 0 Å². The lowest BCUT2D eigenvalue weighted by Crippen LogP contribution is -2.16. The minimum atomic E-state index is 0.821. The fourth-order valence-corrected chi connectivity index (χ4v) is 4.20. The Balaban J connectivity index is 1.87. The Hall–Kier alpha value is -0.840. The van der Waals surface area contributed by atoms with Crippen molar-refractivity contribution in [2.75, 3.05) is 0 Å². The lowest BCUT2D eigenvalue weighted by molar-refractivity contribution is 0.305. The van der Waals surface area contributed by atoms with Gasteiger partial charge in [0, 0.05) is 17.8 Å². The van der Waals surface area contributed by atoms with E-state index in [9.17, 15) is 0 Å². The molecule has 3 heteroatoms. The van der Waals surface area contributed by atoms with E-state index in [1.165, 1.54) is 48.9 Å². The van der Waals surface area contributed by atoms with E-state index in [2.05, 4.69) is 64.5 Å². The van der Waals surface area contributed by atoms with Crippen LogP contribution in [0.2, 0.25) is 0 Å². The van der Waals surface area contributed by atoms with Crippen molar-refractivity contribution in [1.82, 2.24) is 9.78 Å². The third-order valence-corrected chi connectivity index (χ3v) is 5.14. The van der Waals surface area contributed by atoms with Gasteiger partial charge in [0.05, 0.1) is 0 Å². The molecule has 2 aromatic rings. The summed E-state index contributed by atoms with van der Waals surface area (Å²) in [6.07, 6.45) is 6.95. The number of rotatable bonds is 3. The van der Waals surface area contributed by atoms with Gasteiger partial charge in [-0.1, -0.05) is 49.6 Å². The summed E-state index contributed by atoms with van der Waals surface area (Å²) in [5, 5.41) is 4.78. The Labute approximate surface area is 134 Å². The second-order valence-corrected chi connectivity index (χ2v) is 6.83. The quantitative estimate of drug-likeness (QED) is 0.682. The smallest absolute Gasteiger partial charge is 0.131 e. The summed E-state index contributed by atoms with van der Waals surface area (Å²) >= 11 is 2.37. The number of hydrogen-bond donors (Lipinski definition) is 0. The molecule has 0 bridgehead atoms. The molecule has 3 rings (SSSR count). The monoisotopic (exact) mass is 380 g/mol. The lowest BCUT2D eigenvalue weighted by atomic mass is 9.89. The van der Waals surface area contributed by atoms with Crippen LogP contribution < -0.4 is 0 Å². The third-order valence-electron chi connectivity index (χ3n) is 4.38. The average molecular weight is 380 g/mol. The standard InChI is InChI=1S/C17H21IN2/c1-13-16(15-10-6-3-7-11-15)17(18)19-20(13)12-14-8-4-2-5-9-14/h3,6-7,10-11,14H,2,4-5,8-9,12H2,1H3. The molecule has 0 amide bonds. The molecule has 0 unspecified atom stereocenters. The highest BCUT2D eigenvalue weighted by molar-refractivity contribution is 14.1. The topological polar surface area (TPSA) is 17.8 Å². The maximum absolute atomic E-state index is 4.78. The Bertz CT molecular complexity index is 568. The SMILES string of the molecule is Cc1c(-c2ccccc2)c(I)nn1CC1CCCCC1. The molecular weight excluding hydrogens is 359 g/mol. The maximum Gasteiger partial charge on any atom is 0.131 e. The van der Waals surface area contributed by atoms with E-state index in [1.807, 2.05) is 0 Å². The Kier molecular flexibility index (Phi) is 4.44. The van der Waals surface area contributed by atoms with Gasteiger partial charge < -0.3 is 0 Å². The van der Waals surface area contributed by atoms with Crippen molar-refractivity contribution in [3.05, 3.63) is 39.7 Å². The van der Waals surface area contributed by atoms with Crippen LogP contribution in [0.4, 0.5) is 0 Å². The van der Waals surface area contributed by atoms with E-state index in [1.54, 1.807) is 0 Å². The van der Waals surface area contributed by atoms with E-state index in [4.69, 9.17) is 5.10 Å². The van der Waals surface area contributed by atoms with Gasteiger partial charge in [-0.2, -0.15) is 5.10 Å². The van der Waals surface area contributed by atoms with Gasteiger partial charge in [0.25, 0.3) is 0 Å². The van der Waals surface area contributed by atoms with Crippen molar-refractivity contribution in [1.29, 1.82) is 0 Å². The van der Waals surface area contributed by atoms with E-state index in [-0.39, 0.29) is 0 Å². The van der Waals surface area contributed by atoms with Gasteiger partial charge in [-0.05, 0) is 53.8 Å². The molecule has 20 heavy (non-hydrogen) atoms. The second-order valence-electron chi connectivity index (χ2n) is 5.80. The third kappa shape index (κ3) is 2.92. The molecule has 1 aromatic heterocycles. The average Bonchev–Trinajstić information content (AvgIpc) is 2.75. The molecule has 0 saturated heterocycles. The van der Waals surface area contributed by atoms with Crippen molar-refractivity contribution >= 4 is 22.6 Å². The van der Waals surface area contributed by atoms with Crippen molar-refractivity contribution in [3.8, 4) is 11.1 Å². The number of halogens is 1. The number of hydrogen-bond acceptors (Lipinski definition) is 1. The first-order valence-electron chi connectivity index (χ1n) is 7.54. The molecule has 1 aliphatic carbocycles. The normalized spacial score (nSPS) is 16.5. The van der Waals surface area contributed by atoms with Crippen molar-refractivity contribution in [3.63, 3.8) is 0 Å². The van der Waals surface area contributed by atoms with Crippen molar-refractivity contribution < 1.29 is 0 Å². The second kappa shape index (κ2) is 6.29. The van der Waals surface area contributed by atoms with E-state index in [0.29, 0.717) is 0 Å². The summed E-state index contributed by atoms with van der Waals surface area (Å²) in [5.41, 5.74) is 3.90. The summed E-state index contributed by atoms with van der Waals surface area (Å²) in [5.74, 6) is 0.821. The zero-order valence-corrected chi connectivity index (χ0v) is 14.1. The van der Waals surface area contributed by atoms with E-state index < -0.39 is 0 Å². The van der Waals surface area contributed by atoms with Gasteiger partial charge in [-0.25, -0.2) is 0 Å². The van der Waals surface area contributed by atoms with Crippen molar-refractivity contribution in [2.24, 2.45) is 5.92 Å². The molecule has 1 aliphatic rings. The molecule has 2 nitrogen and oxygen atoms in total. The Morgan fingerprint density at radius 2 is 1.85 bits per heavy atom. The molecule has 0 spiro atoms. The summed E-state index contributed by atoms with van der Waals surface area (Å²) in [6.45, 7) is 3.30. The molecule has 0 atom stereocenters. The van der Waals surface area contributed by atoms with Crippen LogP contribution >= 0.6 is 22.6 Å². The van der Waals surface area contributed by atoms with Crippen LogP contribution in [0.3, 0.4) is 0 Å². The summed E-state index contributed by atoms with van der Waals surface area (Å²) in [4.78, 5) is 0. The fourth-order valence-electron chi connectivity index (χ4n) is 3.23. The van der Waals surface area contributed by atoms with Crippen LogP contribution in [0.5, 0.6) is 0 Å². The predicted molar refractivity (Wildman–Crippen MR) is 91.7 cm³/mol. The maximum atomic E-state index is 4.78. The minimum absolute atomic E-state index is 0.821. The van der Waals surface area contributed by atoms with Gasteiger partial charge in [0.1, 0.15) is 3.70 Å². The largest absolute Gasteiger partial charge is 0.268 e. The van der Waals surface area contributed by atoms with Crippen LogP contribution in [0.25, 0.3) is 11.1 Å². The number of aromatic nitrogens is 2. The molecule has 1 aromatic carbocycles. The van der Waals surface area contributed by atoms with Crippen LogP contribution in [0.1, 0.15) is 37.8 Å². The molecule has 1 saturated carbocycles. The zero-order valence-electron chi connectivity index (χ0n) is 12.0. The molecule has 106 valence electrons. The highest BCUT2D eigenvalue weighted by atomic mass is 127. The van der Waals surface area contributed by atoms with E-state index >= 15 is 0 Å².